The van der Waals surface area contributed by atoms with Gasteiger partial charge in [-0.3, -0.25) is 0 Å². The van der Waals surface area contributed by atoms with Crippen LogP contribution in [0.15, 0.2) is 17.0 Å². The van der Waals surface area contributed by atoms with Gasteiger partial charge in [0.2, 0.25) is 0 Å². The highest BCUT2D eigenvalue weighted by Gasteiger charge is 2.05. The molecule has 3 heteroatoms. The van der Waals surface area contributed by atoms with E-state index in [1.807, 2.05) is 0 Å². The third kappa shape index (κ3) is 1.67. The van der Waals surface area contributed by atoms with Gasteiger partial charge in [0.05, 0.1) is 0 Å². The molecule has 0 unspecified atom stereocenters. The fourth-order valence-corrected chi connectivity index (χ4v) is 1.32. The molecule has 0 radical (unpaired) electrons. The Kier molecular flexibility index (Phi) is 2.52. The summed E-state index contributed by atoms with van der Waals surface area (Å²) < 4.78 is 12.9. The molecule has 1 N–H and O–H groups in total. The number of aryl methyl sites for hydroxylation is 1. The van der Waals surface area contributed by atoms with Gasteiger partial charge >= 0.3 is 0 Å². The van der Waals surface area contributed by atoms with E-state index in [1.165, 1.54) is 6.07 Å². The highest BCUT2D eigenvalue weighted by Crippen LogP contribution is 2.18. The average Bonchev–Trinajstić information content (AvgIpc) is 1.96. The molecule has 0 aromatic heterocycles. The summed E-state index contributed by atoms with van der Waals surface area (Å²) in [5, 5.41) is 7.37. The SMILES string of the molecule is CC(=N)c1cc(C)c(F)cc1S. The highest BCUT2D eigenvalue weighted by molar-refractivity contribution is 7.80. The van der Waals surface area contributed by atoms with E-state index in [0.717, 1.165) is 0 Å². The Balaban J connectivity index is 3.33. The Hall–Kier alpha value is -0.830. The average molecular weight is 183 g/mol. The molecule has 0 atom stereocenters. The smallest absolute Gasteiger partial charge is 0.127 e. The largest absolute Gasteiger partial charge is 0.305 e. The quantitative estimate of drug-likeness (QED) is 0.494. The summed E-state index contributed by atoms with van der Waals surface area (Å²) in [6.07, 6.45) is 0. The molecule has 0 amide bonds. The molecule has 0 fully saturated rings. The molecule has 1 aromatic rings. The van der Waals surface area contributed by atoms with E-state index in [2.05, 4.69) is 12.6 Å². The van der Waals surface area contributed by atoms with Gasteiger partial charge in [-0.1, -0.05) is 0 Å². The molecule has 1 nitrogen and oxygen atoms in total. The maximum absolute atomic E-state index is 12.9. The number of halogens is 1. The number of nitrogens with one attached hydrogen (secondary N) is 1. The summed E-state index contributed by atoms with van der Waals surface area (Å²) in [5.41, 5.74) is 1.65. The van der Waals surface area contributed by atoms with Crippen LogP contribution in [0.1, 0.15) is 18.1 Å². The Morgan fingerprint density at radius 3 is 2.58 bits per heavy atom. The molecule has 0 saturated heterocycles. The van der Waals surface area contributed by atoms with Crippen molar-refractivity contribution in [2.75, 3.05) is 0 Å². The number of hydrogen-bond acceptors (Lipinski definition) is 2. The minimum atomic E-state index is -0.273. The summed E-state index contributed by atoms with van der Waals surface area (Å²) in [7, 11) is 0. The van der Waals surface area contributed by atoms with Gasteiger partial charge in [0.15, 0.2) is 0 Å². The number of thiol groups is 1. The van der Waals surface area contributed by atoms with Gasteiger partial charge in [-0.25, -0.2) is 4.39 Å². The monoisotopic (exact) mass is 183 g/mol. The number of benzene rings is 1. The van der Waals surface area contributed by atoms with Crippen molar-refractivity contribution in [1.82, 2.24) is 0 Å². The molecule has 64 valence electrons. The van der Waals surface area contributed by atoms with Gasteiger partial charge in [-0.15, -0.1) is 12.6 Å². The van der Waals surface area contributed by atoms with Crippen molar-refractivity contribution >= 4 is 18.3 Å². The first kappa shape index (κ1) is 9.26. The van der Waals surface area contributed by atoms with Crippen LogP contribution in [-0.4, -0.2) is 5.71 Å². The first-order chi connectivity index (χ1) is 5.52. The fraction of sp³-hybridized carbons (Fsp3) is 0.222. The molecule has 0 heterocycles. The van der Waals surface area contributed by atoms with Crippen LogP contribution >= 0.6 is 12.6 Å². The van der Waals surface area contributed by atoms with E-state index in [1.54, 1.807) is 19.9 Å². The third-order valence-electron chi connectivity index (χ3n) is 1.68. The lowest BCUT2D eigenvalue weighted by atomic mass is 10.1. The minimum absolute atomic E-state index is 0.273. The normalized spacial score (nSPS) is 10.0. The number of hydrogen-bond donors (Lipinski definition) is 2. The predicted molar refractivity (Wildman–Crippen MR) is 50.9 cm³/mol. The van der Waals surface area contributed by atoms with Gasteiger partial charge in [0, 0.05) is 16.2 Å². The van der Waals surface area contributed by atoms with Gasteiger partial charge in [0.25, 0.3) is 0 Å². The first-order valence-corrected chi connectivity index (χ1v) is 4.01. The maximum atomic E-state index is 12.9. The van der Waals surface area contributed by atoms with E-state index in [0.29, 0.717) is 21.7 Å². The first-order valence-electron chi connectivity index (χ1n) is 3.57. The summed E-state index contributed by atoms with van der Waals surface area (Å²) in [4.78, 5) is 0.519. The van der Waals surface area contributed by atoms with E-state index >= 15 is 0 Å². The van der Waals surface area contributed by atoms with Crippen molar-refractivity contribution in [3.05, 3.63) is 29.1 Å². The maximum Gasteiger partial charge on any atom is 0.127 e. The standard InChI is InChI=1S/C9H10FNS/c1-5-3-7(6(2)11)9(12)4-8(5)10/h3-4,11-12H,1-2H3. The zero-order chi connectivity index (χ0) is 9.30. The number of rotatable bonds is 1. The second-order valence-corrected chi connectivity index (χ2v) is 3.23. The Bertz CT molecular complexity index is 334. The molecule has 1 rings (SSSR count). The molecular formula is C9H10FNS. The van der Waals surface area contributed by atoms with Crippen molar-refractivity contribution < 1.29 is 4.39 Å². The van der Waals surface area contributed by atoms with Crippen molar-refractivity contribution in [2.24, 2.45) is 0 Å². The topological polar surface area (TPSA) is 23.9 Å². The minimum Gasteiger partial charge on any atom is -0.305 e. The summed E-state index contributed by atoms with van der Waals surface area (Å²) in [6, 6.07) is 2.98. The van der Waals surface area contributed by atoms with Crippen molar-refractivity contribution in [2.45, 2.75) is 18.7 Å². The second-order valence-electron chi connectivity index (χ2n) is 2.74. The van der Waals surface area contributed by atoms with Crippen LogP contribution in [0.25, 0.3) is 0 Å². The van der Waals surface area contributed by atoms with Gasteiger partial charge in [-0.2, -0.15) is 0 Å². The van der Waals surface area contributed by atoms with Gasteiger partial charge in [0.1, 0.15) is 5.82 Å². The van der Waals surface area contributed by atoms with Gasteiger partial charge in [-0.05, 0) is 31.5 Å². The van der Waals surface area contributed by atoms with E-state index in [4.69, 9.17) is 5.41 Å². The van der Waals surface area contributed by atoms with Crippen LogP contribution < -0.4 is 0 Å². The van der Waals surface area contributed by atoms with E-state index < -0.39 is 0 Å². The van der Waals surface area contributed by atoms with Crippen LogP contribution in [0.5, 0.6) is 0 Å². The lowest BCUT2D eigenvalue weighted by molar-refractivity contribution is 0.614. The lowest BCUT2D eigenvalue weighted by Crippen LogP contribution is -1.96. The molecule has 0 bridgehead atoms. The van der Waals surface area contributed by atoms with Crippen LogP contribution in [0.2, 0.25) is 0 Å². The molecule has 0 spiro atoms. The Morgan fingerprint density at radius 1 is 1.50 bits per heavy atom. The second kappa shape index (κ2) is 3.27. The van der Waals surface area contributed by atoms with Crippen LogP contribution in [0, 0.1) is 18.2 Å². The zero-order valence-corrected chi connectivity index (χ0v) is 7.87. The summed E-state index contributed by atoms with van der Waals surface area (Å²) in [6.45, 7) is 3.33. The Labute approximate surface area is 76.5 Å². The fourth-order valence-electron chi connectivity index (χ4n) is 0.971. The molecule has 1 aromatic carbocycles. The molecule has 0 aliphatic heterocycles. The van der Waals surface area contributed by atoms with Crippen LogP contribution in [-0.2, 0) is 0 Å². The highest BCUT2D eigenvalue weighted by atomic mass is 32.1. The zero-order valence-electron chi connectivity index (χ0n) is 6.98. The molecular weight excluding hydrogens is 173 g/mol. The molecule has 12 heavy (non-hydrogen) atoms. The van der Waals surface area contributed by atoms with E-state index in [9.17, 15) is 4.39 Å². The Morgan fingerprint density at radius 2 is 2.08 bits per heavy atom. The summed E-state index contributed by atoms with van der Waals surface area (Å²) in [5.74, 6) is -0.273. The van der Waals surface area contributed by atoms with Crippen molar-refractivity contribution in [3.63, 3.8) is 0 Å². The van der Waals surface area contributed by atoms with E-state index in [-0.39, 0.29) is 5.82 Å². The van der Waals surface area contributed by atoms with Crippen molar-refractivity contribution in [3.8, 4) is 0 Å². The van der Waals surface area contributed by atoms with Crippen LogP contribution in [0.3, 0.4) is 0 Å². The third-order valence-corrected chi connectivity index (χ3v) is 2.05. The van der Waals surface area contributed by atoms with Gasteiger partial charge < -0.3 is 5.41 Å². The summed E-state index contributed by atoms with van der Waals surface area (Å²) >= 11 is 4.07. The molecule has 0 aliphatic carbocycles. The van der Waals surface area contributed by atoms with Crippen LogP contribution in [0.4, 0.5) is 4.39 Å². The van der Waals surface area contributed by atoms with Crippen molar-refractivity contribution in [1.29, 1.82) is 5.41 Å². The predicted octanol–water partition coefficient (Wildman–Crippen LogP) is 2.81. The molecule has 0 aliphatic rings. The molecule has 0 saturated carbocycles. The lowest BCUT2D eigenvalue weighted by Gasteiger charge is -2.04.